The zero-order chi connectivity index (χ0) is 19.3. The van der Waals surface area contributed by atoms with E-state index in [0.29, 0.717) is 12.2 Å². The predicted octanol–water partition coefficient (Wildman–Crippen LogP) is 3.83. The van der Waals surface area contributed by atoms with Crippen molar-refractivity contribution in [3.63, 3.8) is 0 Å². The molecule has 0 radical (unpaired) electrons. The van der Waals surface area contributed by atoms with Crippen molar-refractivity contribution < 1.29 is 18.0 Å². The zero-order valence-electron chi connectivity index (χ0n) is 14.7. The highest BCUT2D eigenvalue weighted by Gasteiger charge is 2.31. The summed E-state index contributed by atoms with van der Waals surface area (Å²) in [5, 5.41) is 8.99. The maximum atomic E-state index is 12.7. The number of alkyl halides is 3. The zero-order valence-corrected chi connectivity index (χ0v) is 15.5. The van der Waals surface area contributed by atoms with Gasteiger partial charge in [-0.05, 0) is 37.1 Å². The van der Waals surface area contributed by atoms with Crippen LogP contribution in [0.2, 0.25) is 5.02 Å². The van der Waals surface area contributed by atoms with E-state index >= 15 is 0 Å². The number of carbonyl (C=O) groups excluding carboxylic acids is 1. The molecule has 0 aliphatic carbocycles. The third-order valence-corrected chi connectivity index (χ3v) is 4.52. The minimum Gasteiger partial charge on any atom is -0.372 e. The second-order valence-electron chi connectivity index (χ2n) is 6.59. The fourth-order valence-corrected chi connectivity index (χ4v) is 2.89. The van der Waals surface area contributed by atoms with Crippen LogP contribution in [-0.4, -0.2) is 31.6 Å². The van der Waals surface area contributed by atoms with Gasteiger partial charge in [0.25, 0.3) is 0 Å². The van der Waals surface area contributed by atoms with Crippen molar-refractivity contribution in [1.82, 2.24) is 10.6 Å². The van der Waals surface area contributed by atoms with E-state index < -0.39 is 17.8 Å². The van der Waals surface area contributed by atoms with Crippen molar-refractivity contribution in [2.75, 3.05) is 25.0 Å². The molecule has 2 rings (SSSR count). The highest BCUT2D eigenvalue weighted by atomic mass is 35.5. The molecular weight excluding hydrogens is 367 g/mol. The van der Waals surface area contributed by atoms with Gasteiger partial charge in [-0.2, -0.15) is 13.2 Å². The van der Waals surface area contributed by atoms with Gasteiger partial charge < -0.3 is 16.0 Å². The Bertz CT molecular complexity index is 674. The van der Waals surface area contributed by atoms with E-state index in [2.05, 4.69) is 16.0 Å². The van der Waals surface area contributed by atoms with Crippen molar-refractivity contribution in [2.24, 2.45) is 5.92 Å². The Morgan fingerprint density at radius 1 is 1.35 bits per heavy atom. The smallest absolute Gasteiger partial charge is 0.372 e. The normalized spacial score (nSPS) is 16.2. The average molecular weight is 390 g/mol. The SMILES string of the molecule is CC(C)C(Nc1ccc(C(F)(F)F)cc1Cl)C(=O)NCC1=CCNCC1. The fraction of sp³-hybridized carbons (Fsp3) is 0.500. The Kier molecular flexibility index (Phi) is 6.94. The molecule has 0 fully saturated rings. The Morgan fingerprint density at radius 2 is 2.08 bits per heavy atom. The molecule has 1 heterocycles. The highest BCUT2D eigenvalue weighted by Crippen LogP contribution is 2.34. The minimum atomic E-state index is -4.46. The first-order chi connectivity index (χ1) is 12.2. The molecule has 0 saturated carbocycles. The van der Waals surface area contributed by atoms with E-state index in [1.54, 1.807) is 0 Å². The first-order valence-corrected chi connectivity index (χ1v) is 8.86. The number of amides is 1. The molecule has 1 atom stereocenters. The van der Waals surface area contributed by atoms with Crippen molar-refractivity contribution >= 4 is 23.2 Å². The van der Waals surface area contributed by atoms with Gasteiger partial charge in [0.1, 0.15) is 6.04 Å². The minimum absolute atomic E-state index is 0.0701. The van der Waals surface area contributed by atoms with E-state index in [1.807, 2.05) is 19.9 Å². The number of nitrogens with one attached hydrogen (secondary N) is 3. The number of anilines is 1. The van der Waals surface area contributed by atoms with Crippen LogP contribution in [0.1, 0.15) is 25.8 Å². The van der Waals surface area contributed by atoms with Gasteiger partial charge in [0.2, 0.25) is 5.91 Å². The van der Waals surface area contributed by atoms with Gasteiger partial charge in [0.15, 0.2) is 0 Å². The van der Waals surface area contributed by atoms with Crippen LogP contribution >= 0.6 is 11.6 Å². The largest absolute Gasteiger partial charge is 0.416 e. The van der Waals surface area contributed by atoms with Crippen molar-refractivity contribution in [1.29, 1.82) is 0 Å². The van der Waals surface area contributed by atoms with Gasteiger partial charge in [0.05, 0.1) is 16.3 Å². The van der Waals surface area contributed by atoms with E-state index in [-0.39, 0.29) is 16.8 Å². The topological polar surface area (TPSA) is 53.2 Å². The Labute approximate surface area is 156 Å². The maximum absolute atomic E-state index is 12.7. The maximum Gasteiger partial charge on any atom is 0.416 e. The number of carbonyl (C=O) groups is 1. The lowest BCUT2D eigenvalue weighted by molar-refractivity contribution is -0.137. The molecule has 3 N–H and O–H groups in total. The molecule has 1 aromatic rings. The molecule has 4 nitrogen and oxygen atoms in total. The monoisotopic (exact) mass is 389 g/mol. The van der Waals surface area contributed by atoms with E-state index in [1.165, 1.54) is 6.07 Å². The molecule has 1 aliphatic rings. The molecule has 0 bridgehead atoms. The summed E-state index contributed by atoms with van der Waals surface area (Å²) in [7, 11) is 0. The van der Waals surface area contributed by atoms with E-state index in [4.69, 9.17) is 11.6 Å². The quantitative estimate of drug-likeness (QED) is 0.648. The molecule has 0 aromatic heterocycles. The summed E-state index contributed by atoms with van der Waals surface area (Å²) >= 11 is 5.98. The summed E-state index contributed by atoms with van der Waals surface area (Å²) < 4.78 is 38.2. The molecule has 1 aromatic carbocycles. The molecule has 144 valence electrons. The summed E-state index contributed by atoms with van der Waals surface area (Å²) in [6.45, 7) is 5.86. The van der Waals surface area contributed by atoms with Crippen LogP contribution in [0, 0.1) is 5.92 Å². The van der Waals surface area contributed by atoms with Crippen molar-refractivity contribution in [3.05, 3.63) is 40.4 Å². The summed E-state index contributed by atoms with van der Waals surface area (Å²) in [5.74, 6) is -0.286. The Hall–Kier alpha value is -1.73. The molecule has 1 unspecified atom stereocenters. The molecule has 1 aliphatic heterocycles. The van der Waals surface area contributed by atoms with E-state index in [9.17, 15) is 18.0 Å². The van der Waals surface area contributed by atoms with Gasteiger partial charge in [0, 0.05) is 13.1 Å². The van der Waals surface area contributed by atoms with Crippen LogP contribution < -0.4 is 16.0 Å². The van der Waals surface area contributed by atoms with Gasteiger partial charge in [-0.15, -0.1) is 0 Å². The lowest BCUT2D eigenvalue weighted by atomic mass is 10.0. The first-order valence-electron chi connectivity index (χ1n) is 8.48. The van der Waals surface area contributed by atoms with E-state index in [0.717, 1.165) is 37.2 Å². The number of hydrogen-bond donors (Lipinski definition) is 3. The predicted molar refractivity (Wildman–Crippen MR) is 97.3 cm³/mol. The molecule has 1 amide bonds. The van der Waals surface area contributed by atoms with Gasteiger partial charge >= 0.3 is 6.18 Å². The lowest BCUT2D eigenvalue weighted by Crippen LogP contribution is -2.44. The van der Waals surface area contributed by atoms with Crippen LogP contribution in [0.5, 0.6) is 0 Å². The first kappa shape index (κ1) is 20.6. The third-order valence-electron chi connectivity index (χ3n) is 4.20. The number of hydrogen-bond acceptors (Lipinski definition) is 3. The van der Waals surface area contributed by atoms with Gasteiger partial charge in [-0.3, -0.25) is 4.79 Å². The Balaban J connectivity index is 2.05. The van der Waals surface area contributed by atoms with Crippen LogP contribution in [0.25, 0.3) is 0 Å². The average Bonchev–Trinajstić information content (AvgIpc) is 2.58. The summed E-state index contributed by atoms with van der Waals surface area (Å²) in [4.78, 5) is 12.5. The van der Waals surface area contributed by atoms with Crippen molar-refractivity contribution in [2.45, 2.75) is 32.5 Å². The van der Waals surface area contributed by atoms with Crippen LogP contribution in [0.4, 0.5) is 18.9 Å². The molecule has 8 heteroatoms. The van der Waals surface area contributed by atoms with Crippen LogP contribution in [0.3, 0.4) is 0 Å². The third kappa shape index (κ3) is 5.64. The van der Waals surface area contributed by atoms with Crippen LogP contribution in [0.15, 0.2) is 29.8 Å². The van der Waals surface area contributed by atoms with Gasteiger partial charge in [-0.1, -0.05) is 37.1 Å². The number of halogens is 4. The highest BCUT2D eigenvalue weighted by molar-refractivity contribution is 6.33. The van der Waals surface area contributed by atoms with Gasteiger partial charge in [-0.25, -0.2) is 0 Å². The van der Waals surface area contributed by atoms with Crippen LogP contribution in [-0.2, 0) is 11.0 Å². The molecule has 26 heavy (non-hydrogen) atoms. The number of benzene rings is 1. The second-order valence-corrected chi connectivity index (χ2v) is 7.00. The summed E-state index contributed by atoms with van der Waals surface area (Å²) in [6.07, 6.45) is -1.53. The molecule has 0 saturated heterocycles. The molecule has 0 spiro atoms. The second kappa shape index (κ2) is 8.77. The molecular formula is C18H23ClF3N3O. The standard InChI is InChI=1S/C18H23ClF3N3O/c1-11(2)16(17(26)24-10-12-5-7-23-8-6-12)25-15-4-3-13(9-14(15)19)18(20,21)22/h3-5,9,11,16,23,25H,6-8,10H2,1-2H3,(H,24,26). The fourth-order valence-electron chi connectivity index (χ4n) is 2.65. The van der Waals surface area contributed by atoms with Crippen molar-refractivity contribution in [3.8, 4) is 0 Å². The Morgan fingerprint density at radius 3 is 2.62 bits per heavy atom. The number of rotatable bonds is 6. The summed E-state index contributed by atoms with van der Waals surface area (Å²) in [5.41, 5.74) is 0.637. The summed E-state index contributed by atoms with van der Waals surface area (Å²) in [6, 6.07) is 2.46. The lowest BCUT2D eigenvalue weighted by Gasteiger charge is -2.24.